The summed E-state index contributed by atoms with van der Waals surface area (Å²) in [7, 11) is 3.44. The molecule has 0 radical (unpaired) electrons. The lowest BCUT2D eigenvalue weighted by Gasteiger charge is -2.31. The largest absolute Gasteiger partial charge is 0.468 e. The van der Waals surface area contributed by atoms with Gasteiger partial charge in [-0.3, -0.25) is 4.90 Å². The first-order valence-electron chi connectivity index (χ1n) is 6.29. The van der Waals surface area contributed by atoms with Crippen LogP contribution in [-0.2, 0) is 9.53 Å². The molecule has 0 bridgehead atoms. The quantitative estimate of drug-likeness (QED) is 0.813. The molecule has 4 nitrogen and oxygen atoms in total. The normalized spacial score (nSPS) is 20.9. The second-order valence-electron chi connectivity index (χ2n) is 4.65. The van der Waals surface area contributed by atoms with E-state index in [1.807, 2.05) is 37.4 Å². The van der Waals surface area contributed by atoms with Crippen LogP contribution in [-0.4, -0.2) is 44.2 Å². The molecule has 0 saturated carbocycles. The van der Waals surface area contributed by atoms with E-state index in [9.17, 15) is 4.79 Å². The molecule has 1 aliphatic heterocycles. The molecule has 1 heterocycles. The Kier molecular flexibility index (Phi) is 4.33. The minimum atomic E-state index is -0.318. The number of rotatable bonds is 4. The van der Waals surface area contributed by atoms with Gasteiger partial charge in [-0.2, -0.15) is 0 Å². The zero-order valence-corrected chi connectivity index (χ0v) is 10.9. The van der Waals surface area contributed by atoms with Crippen molar-refractivity contribution < 1.29 is 9.53 Å². The van der Waals surface area contributed by atoms with Crippen LogP contribution >= 0.6 is 0 Å². The molecule has 4 heteroatoms. The molecule has 0 amide bonds. The molecule has 1 N–H and O–H groups in total. The number of nitrogens with zero attached hydrogens (tertiary/aromatic N) is 1. The average Bonchev–Trinajstić information content (AvgIpc) is 2.94. The van der Waals surface area contributed by atoms with Crippen LogP contribution in [0.25, 0.3) is 0 Å². The summed E-state index contributed by atoms with van der Waals surface area (Å²) in [5, 5.41) is 3.32. The van der Waals surface area contributed by atoms with Gasteiger partial charge in [0.05, 0.1) is 7.11 Å². The van der Waals surface area contributed by atoms with Gasteiger partial charge in [0.15, 0.2) is 0 Å². The SMILES string of the molecule is COC(=O)C(c1ccccc1)N(C)C1CCNC1. The summed E-state index contributed by atoms with van der Waals surface area (Å²) < 4.78 is 4.95. The van der Waals surface area contributed by atoms with E-state index in [4.69, 9.17) is 4.74 Å². The molecule has 0 aliphatic carbocycles. The molecule has 1 saturated heterocycles. The highest BCUT2D eigenvalue weighted by Crippen LogP contribution is 2.24. The van der Waals surface area contributed by atoms with Crippen molar-refractivity contribution in [3.63, 3.8) is 0 Å². The number of hydrogen-bond donors (Lipinski definition) is 1. The van der Waals surface area contributed by atoms with E-state index in [1.54, 1.807) is 0 Å². The number of carbonyl (C=O) groups is 1. The lowest BCUT2D eigenvalue weighted by Crippen LogP contribution is -2.40. The predicted molar refractivity (Wildman–Crippen MR) is 70.2 cm³/mol. The van der Waals surface area contributed by atoms with E-state index in [0.717, 1.165) is 25.1 Å². The third-order valence-electron chi connectivity index (χ3n) is 3.56. The predicted octanol–water partition coefficient (Wildman–Crippen LogP) is 1.19. The van der Waals surface area contributed by atoms with E-state index in [1.165, 1.54) is 7.11 Å². The zero-order chi connectivity index (χ0) is 13.0. The monoisotopic (exact) mass is 248 g/mol. The number of likely N-dealkylation sites (N-methyl/N-ethyl adjacent to an activating group) is 1. The van der Waals surface area contributed by atoms with Crippen molar-refractivity contribution >= 4 is 5.97 Å². The number of hydrogen-bond acceptors (Lipinski definition) is 4. The number of ether oxygens (including phenoxy) is 1. The summed E-state index contributed by atoms with van der Waals surface area (Å²) in [4.78, 5) is 14.1. The molecule has 1 aliphatic rings. The van der Waals surface area contributed by atoms with Gasteiger partial charge < -0.3 is 10.1 Å². The van der Waals surface area contributed by atoms with Gasteiger partial charge in [-0.05, 0) is 25.6 Å². The van der Waals surface area contributed by atoms with E-state index < -0.39 is 0 Å². The van der Waals surface area contributed by atoms with Gasteiger partial charge in [0, 0.05) is 12.6 Å². The van der Waals surface area contributed by atoms with Gasteiger partial charge in [-0.25, -0.2) is 4.79 Å². The van der Waals surface area contributed by atoms with Crippen molar-refractivity contribution in [3.8, 4) is 0 Å². The smallest absolute Gasteiger partial charge is 0.327 e. The van der Waals surface area contributed by atoms with Gasteiger partial charge in [-0.1, -0.05) is 30.3 Å². The fourth-order valence-electron chi connectivity index (χ4n) is 2.48. The topological polar surface area (TPSA) is 41.6 Å². The van der Waals surface area contributed by atoms with Crippen molar-refractivity contribution in [1.82, 2.24) is 10.2 Å². The number of carbonyl (C=O) groups excluding carboxylic acids is 1. The van der Waals surface area contributed by atoms with Gasteiger partial charge in [0.25, 0.3) is 0 Å². The molecule has 1 aromatic rings. The fraction of sp³-hybridized carbons (Fsp3) is 0.500. The molecule has 2 atom stereocenters. The molecule has 2 unspecified atom stereocenters. The van der Waals surface area contributed by atoms with E-state index in [0.29, 0.717) is 6.04 Å². The van der Waals surface area contributed by atoms with Crippen molar-refractivity contribution in [1.29, 1.82) is 0 Å². The average molecular weight is 248 g/mol. The third-order valence-corrected chi connectivity index (χ3v) is 3.56. The van der Waals surface area contributed by atoms with E-state index >= 15 is 0 Å². The summed E-state index contributed by atoms with van der Waals surface area (Å²) in [5.41, 5.74) is 0.985. The summed E-state index contributed by atoms with van der Waals surface area (Å²) in [6.07, 6.45) is 1.07. The third kappa shape index (κ3) is 2.71. The molecule has 2 rings (SSSR count). The second-order valence-corrected chi connectivity index (χ2v) is 4.65. The van der Waals surface area contributed by atoms with Gasteiger partial charge in [0.2, 0.25) is 0 Å². The van der Waals surface area contributed by atoms with Crippen LogP contribution in [0, 0.1) is 0 Å². The molecular weight excluding hydrogens is 228 g/mol. The maximum absolute atomic E-state index is 12.0. The number of methoxy groups -OCH3 is 1. The van der Waals surface area contributed by atoms with Crippen molar-refractivity contribution in [2.24, 2.45) is 0 Å². The number of esters is 1. The van der Waals surface area contributed by atoms with Crippen LogP contribution in [0.1, 0.15) is 18.0 Å². The highest BCUT2D eigenvalue weighted by atomic mass is 16.5. The second kappa shape index (κ2) is 5.98. The van der Waals surface area contributed by atoms with E-state index in [-0.39, 0.29) is 12.0 Å². The van der Waals surface area contributed by atoms with Crippen molar-refractivity contribution in [2.75, 3.05) is 27.2 Å². The molecule has 1 aromatic carbocycles. The Hall–Kier alpha value is -1.39. The minimum absolute atomic E-state index is 0.199. The highest BCUT2D eigenvalue weighted by molar-refractivity contribution is 5.77. The lowest BCUT2D eigenvalue weighted by molar-refractivity contribution is -0.147. The summed E-state index contributed by atoms with van der Waals surface area (Å²) in [6.45, 7) is 1.94. The number of nitrogens with one attached hydrogen (secondary N) is 1. The Balaban J connectivity index is 2.22. The zero-order valence-electron chi connectivity index (χ0n) is 10.9. The Morgan fingerprint density at radius 3 is 2.72 bits per heavy atom. The van der Waals surface area contributed by atoms with Crippen LogP contribution in [0.15, 0.2) is 30.3 Å². The molecule has 0 aromatic heterocycles. The molecule has 0 spiro atoms. The summed E-state index contributed by atoms with van der Waals surface area (Å²) in [6, 6.07) is 9.86. The maximum atomic E-state index is 12.0. The number of benzene rings is 1. The maximum Gasteiger partial charge on any atom is 0.327 e. The minimum Gasteiger partial charge on any atom is -0.468 e. The Morgan fingerprint density at radius 2 is 2.17 bits per heavy atom. The highest BCUT2D eigenvalue weighted by Gasteiger charge is 2.31. The van der Waals surface area contributed by atoms with Gasteiger partial charge >= 0.3 is 5.97 Å². The van der Waals surface area contributed by atoms with Crippen LogP contribution in [0.3, 0.4) is 0 Å². The Labute approximate surface area is 108 Å². The standard InChI is InChI=1S/C14H20N2O2/c1-16(12-8-9-15-10-12)13(14(17)18-2)11-6-4-3-5-7-11/h3-7,12-13,15H,8-10H2,1-2H3. The van der Waals surface area contributed by atoms with Crippen molar-refractivity contribution in [3.05, 3.63) is 35.9 Å². The van der Waals surface area contributed by atoms with Crippen molar-refractivity contribution in [2.45, 2.75) is 18.5 Å². The lowest BCUT2D eigenvalue weighted by atomic mass is 10.0. The molecule has 18 heavy (non-hydrogen) atoms. The first kappa shape index (κ1) is 13.1. The molecule has 1 fully saturated rings. The van der Waals surface area contributed by atoms with E-state index in [2.05, 4.69) is 10.2 Å². The first-order chi connectivity index (χ1) is 8.74. The molecule has 98 valence electrons. The van der Waals surface area contributed by atoms with Crippen LogP contribution in [0.5, 0.6) is 0 Å². The van der Waals surface area contributed by atoms with Gasteiger partial charge in [0.1, 0.15) is 6.04 Å². The summed E-state index contributed by atoms with van der Waals surface area (Å²) >= 11 is 0. The fourth-order valence-corrected chi connectivity index (χ4v) is 2.48. The van der Waals surface area contributed by atoms with Crippen LogP contribution in [0.4, 0.5) is 0 Å². The summed E-state index contributed by atoms with van der Waals surface area (Å²) in [5.74, 6) is -0.199. The Morgan fingerprint density at radius 1 is 1.44 bits per heavy atom. The van der Waals surface area contributed by atoms with Gasteiger partial charge in [-0.15, -0.1) is 0 Å². The van der Waals surface area contributed by atoms with Crippen LogP contribution < -0.4 is 5.32 Å². The first-order valence-corrected chi connectivity index (χ1v) is 6.29. The van der Waals surface area contributed by atoms with Crippen LogP contribution in [0.2, 0.25) is 0 Å². The molecular formula is C14H20N2O2. The Bertz CT molecular complexity index is 388.